The Morgan fingerprint density at radius 1 is 1.35 bits per heavy atom. The molecule has 20 heavy (non-hydrogen) atoms. The molecule has 1 aromatic carbocycles. The molecular formula is C13H10BrN3O3. The van der Waals surface area contributed by atoms with Crippen LogP contribution in [0.5, 0.6) is 0 Å². The number of aromatic nitrogens is 1. The number of nitro groups is 1. The molecule has 0 aliphatic heterocycles. The molecule has 0 atom stereocenters. The van der Waals surface area contributed by atoms with Gasteiger partial charge in [0.25, 0.3) is 11.6 Å². The van der Waals surface area contributed by atoms with E-state index in [1.807, 2.05) is 0 Å². The fraction of sp³-hybridized carbons (Fsp3) is 0.0769. The molecule has 0 unspecified atom stereocenters. The molecule has 0 aliphatic carbocycles. The van der Waals surface area contributed by atoms with Crippen molar-refractivity contribution < 1.29 is 9.72 Å². The maximum absolute atomic E-state index is 11.9. The van der Waals surface area contributed by atoms with Gasteiger partial charge in [0.1, 0.15) is 5.69 Å². The van der Waals surface area contributed by atoms with Gasteiger partial charge in [-0.1, -0.05) is 6.07 Å². The summed E-state index contributed by atoms with van der Waals surface area (Å²) in [7, 11) is 0. The molecule has 1 N–H and O–H groups in total. The number of amides is 1. The number of anilines is 1. The Morgan fingerprint density at radius 2 is 2.10 bits per heavy atom. The minimum atomic E-state index is -0.483. The number of nitro benzene ring substituents is 1. The van der Waals surface area contributed by atoms with Crippen molar-refractivity contribution >= 4 is 33.2 Å². The van der Waals surface area contributed by atoms with Crippen LogP contribution in [-0.2, 0) is 0 Å². The first-order valence-corrected chi connectivity index (χ1v) is 6.44. The largest absolute Gasteiger partial charge is 0.320 e. The van der Waals surface area contributed by atoms with E-state index < -0.39 is 10.8 Å². The molecule has 7 heteroatoms. The summed E-state index contributed by atoms with van der Waals surface area (Å²) < 4.78 is 0.764. The maximum Gasteiger partial charge on any atom is 0.274 e. The highest BCUT2D eigenvalue weighted by Gasteiger charge is 2.13. The number of nitrogens with zero attached hydrogens (tertiary/aromatic N) is 2. The number of benzene rings is 1. The fourth-order valence-corrected chi connectivity index (χ4v) is 1.82. The van der Waals surface area contributed by atoms with E-state index in [-0.39, 0.29) is 11.4 Å². The summed E-state index contributed by atoms with van der Waals surface area (Å²) in [6.45, 7) is 1.64. The first-order chi connectivity index (χ1) is 9.47. The highest BCUT2D eigenvalue weighted by atomic mass is 79.9. The monoisotopic (exact) mass is 335 g/mol. The molecule has 2 rings (SSSR count). The highest BCUT2D eigenvalue weighted by Crippen LogP contribution is 2.22. The number of carbonyl (C=O) groups excluding carboxylic acids is 1. The van der Waals surface area contributed by atoms with Crippen LogP contribution in [0, 0.1) is 17.0 Å². The topological polar surface area (TPSA) is 85.1 Å². The summed E-state index contributed by atoms with van der Waals surface area (Å²) in [6, 6.07) is 7.77. The Hall–Kier alpha value is -2.28. The Kier molecular flexibility index (Phi) is 4.09. The summed E-state index contributed by atoms with van der Waals surface area (Å²) in [5.74, 6) is -0.421. The van der Waals surface area contributed by atoms with Gasteiger partial charge in [-0.25, -0.2) is 4.98 Å². The van der Waals surface area contributed by atoms with Crippen LogP contribution in [0.2, 0.25) is 0 Å². The second kappa shape index (κ2) is 5.79. The molecule has 0 saturated carbocycles. The van der Waals surface area contributed by atoms with Crippen LogP contribution in [0.15, 0.2) is 41.0 Å². The van der Waals surface area contributed by atoms with Gasteiger partial charge < -0.3 is 5.32 Å². The van der Waals surface area contributed by atoms with Crippen molar-refractivity contribution in [2.75, 3.05) is 5.32 Å². The molecule has 1 amide bonds. The Morgan fingerprint density at radius 3 is 2.70 bits per heavy atom. The third-order valence-corrected chi connectivity index (χ3v) is 3.09. The Labute approximate surface area is 123 Å². The smallest absolute Gasteiger partial charge is 0.274 e. The third-order valence-electron chi connectivity index (χ3n) is 2.62. The van der Waals surface area contributed by atoms with Gasteiger partial charge in [0.2, 0.25) is 0 Å². The van der Waals surface area contributed by atoms with Gasteiger partial charge in [0, 0.05) is 28.0 Å². The van der Waals surface area contributed by atoms with Crippen molar-refractivity contribution in [3.8, 4) is 0 Å². The van der Waals surface area contributed by atoms with Crippen molar-refractivity contribution in [2.45, 2.75) is 6.92 Å². The van der Waals surface area contributed by atoms with Gasteiger partial charge in [0.15, 0.2) is 0 Å². The molecule has 0 spiro atoms. The van der Waals surface area contributed by atoms with E-state index in [0.717, 1.165) is 4.47 Å². The molecule has 0 radical (unpaired) electrons. The number of rotatable bonds is 3. The molecule has 0 bridgehead atoms. The predicted octanol–water partition coefficient (Wildman–Crippen LogP) is 3.31. The minimum Gasteiger partial charge on any atom is -0.320 e. The summed E-state index contributed by atoms with van der Waals surface area (Å²) in [5, 5.41) is 13.4. The number of halogens is 1. The SMILES string of the molecule is Cc1ccc(NC(=O)c2ccc(Br)cn2)cc1[N+](=O)[O-]. The van der Waals surface area contributed by atoms with Crippen molar-refractivity contribution in [3.05, 3.63) is 62.4 Å². The van der Waals surface area contributed by atoms with Crippen molar-refractivity contribution in [1.29, 1.82) is 0 Å². The average Bonchev–Trinajstić information content (AvgIpc) is 2.41. The van der Waals surface area contributed by atoms with Crippen molar-refractivity contribution in [1.82, 2.24) is 4.98 Å². The van der Waals surface area contributed by atoms with Crippen LogP contribution in [0.1, 0.15) is 16.1 Å². The average molecular weight is 336 g/mol. The van der Waals surface area contributed by atoms with Crippen LogP contribution in [0.3, 0.4) is 0 Å². The zero-order valence-electron chi connectivity index (χ0n) is 10.5. The summed E-state index contributed by atoms with van der Waals surface area (Å²) in [4.78, 5) is 26.2. The van der Waals surface area contributed by atoms with Crippen LogP contribution < -0.4 is 5.32 Å². The van der Waals surface area contributed by atoms with Crippen LogP contribution >= 0.6 is 15.9 Å². The van der Waals surface area contributed by atoms with E-state index in [4.69, 9.17) is 0 Å². The highest BCUT2D eigenvalue weighted by molar-refractivity contribution is 9.10. The fourth-order valence-electron chi connectivity index (χ4n) is 1.59. The van der Waals surface area contributed by atoms with Crippen LogP contribution in [0.25, 0.3) is 0 Å². The van der Waals surface area contributed by atoms with Gasteiger partial charge in [-0.15, -0.1) is 0 Å². The van der Waals surface area contributed by atoms with E-state index in [0.29, 0.717) is 11.3 Å². The van der Waals surface area contributed by atoms with E-state index in [2.05, 4.69) is 26.2 Å². The third kappa shape index (κ3) is 3.18. The standard InChI is InChI=1S/C13H10BrN3O3/c1-8-2-4-10(6-12(8)17(19)20)16-13(18)11-5-3-9(14)7-15-11/h2-7H,1H3,(H,16,18). The van der Waals surface area contributed by atoms with Gasteiger partial charge >= 0.3 is 0 Å². The second-order valence-corrected chi connectivity index (χ2v) is 4.99. The van der Waals surface area contributed by atoms with Gasteiger partial charge in [-0.05, 0) is 41.1 Å². The molecular weight excluding hydrogens is 326 g/mol. The molecule has 1 aromatic heterocycles. The first-order valence-electron chi connectivity index (χ1n) is 5.65. The van der Waals surface area contributed by atoms with Crippen molar-refractivity contribution in [3.63, 3.8) is 0 Å². The number of carbonyl (C=O) groups is 1. The summed E-state index contributed by atoms with van der Waals surface area (Å²) in [6.07, 6.45) is 1.51. The quantitative estimate of drug-likeness (QED) is 0.688. The lowest BCUT2D eigenvalue weighted by Gasteiger charge is -2.05. The normalized spacial score (nSPS) is 10.1. The van der Waals surface area contributed by atoms with E-state index in [1.54, 1.807) is 31.2 Å². The summed E-state index contributed by atoms with van der Waals surface area (Å²) >= 11 is 3.23. The molecule has 2 aromatic rings. The zero-order chi connectivity index (χ0) is 14.7. The molecule has 1 heterocycles. The minimum absolute atomic E-state index is 0.0356. The maximum atomic E-state index is 11.9. The number of aryl methyl sites for hydroxylation is 1. The lowest BCUT2D eigenvalue weighted by atomic mass is 10.2. The first kappa shape index (κ1) is 14.1. The molecule has 0 aliphatic rings. The number of hydrogen-bond donors (Lipinski definition) is 1. The van der Waals surface area contributed by atoms with Crippen molar-refractivity contribution in [2.24, 2.45) is 0 Å². The zero-order valence-corrected chi connectivity index (χ0v) is 12.0. The Balaban J connectivity index is 2.21. The van der Waals surface area contributed by atoms with Gasteiger partial charge in [-0.3, -0.25) is 14.9 Å². The number of nitrogens with one attached hydrogen (secondary N) is 1. The molecule has 6 nitrogen and oxygen atoms in total. The van der Waals surface area contributed by atoms with E-state index in [9.17, 15) is 14.9 Å². The van der Waals surface area contributed by atoms with Crippen LogP contribution in [-0.4, -0.2) is 15.8 Å². The van der Waals surface area contributed by atoms with E-state index in [1.165, 1.54) is 12.3 Å². The number of hydrogen-bond acceptors (Lipinski definition) is 4. The molecule has 102 valence electrons. The Bertz CT molecular complexity index is 671. The second-order valence-electron chi connectivity index (χ2n) is 4.07. The predicted molar refractivity (Wildman–Crippen MR) is 77.7 cm³/mol. The molecule has 0 saturated heterocycles. The lowest BCUT2D eigenvalue weighted by Crippen LogP contribution is -2.13. The van der Waals surface area contributed by atoms with Gasteiger partial charge in [0.05, 0.1) is 4.92 Å². The lowest BCUT2D eigenvalue weighted by molar-refractivity contribution is -0.385. The summed E-state index contributed by atoms with van der Waals surface area (Å²) in [5.41, 5.74) is 1.09. The number of pyridine rings is 1. The molecule has 0 fully saturated rings. The van der Waals surface area contributed by atoms with Crippen LogP contribution in [0.4, 0.5) is 11.4 Å². The van der Waals surface area contributed by atoms with Gasteiger partial charge in [-0.2, -0.15) is 0 Å². The van der Waals surface area contributed by atoms with E-state index >= 15 is 0 Å².